The third kappa shape index (κ3) is 3.14. The number of halogens is 2. The van der Waals surface area contributed by atoms with Gasteiger partial charge in [-0.05, 0) is 34.7 Å². The normalized spacial score (nSPS) is 11.6. The maximum Gasteiger partial charge on any atom is 0.180 e. The molecule has 2 rings (SSSR count). The molecule has 0 aliphatic carbocycles. The lowest BCUT2D eigenvalue weighted by Crippen LogP contribution is -2.18. The Labute approximate surface area is 131 Å². The van der Waals surface area contributed by atoms with Crippen molar-refractivity contribution in [3.05, 3.63) is 32.6 Å². The number of pyridine rings is 1. The molecule has 6 heteroatoms. The SMILES string of the molecule is CC(C)(C)c1nc(-c2ccc(Cl)cn2)nc(N)c1I. The van der Waals surface area contributed by atoms with Crippen LogP contribution in [-0.4, -0.2) is 15.0 Å². The Morgan fingerprint density at radius 1 is 1.21 bits per heavy atom. The smallest absolute Gasteiger partial charge is 0.180 e. The Kier molecular flexibility index (Phi) is 3.96. The molecule has 0 fully saturated rings. The molecule has 100 valence electrons. The monoisotopic (exact) mass is 388 g/mol. The summed E-state index contributed by atoms with van der Waals surface area (Å²) in [6.45, 7) is 6.28. The predicted molar refractivity (Wildman–Crippen MR) is 86.1 cm³/mol. The Morgan fingerprint density at radius 3 is 2.42 bits per heavy atom. The second-order valence-corrected chi connectivity index (χ2v) is 6.72. The lowest BCUT2D eigenvalue weighted by Gasteiger charge is -2.20. The van der Waals surface area contributed by atoms with Crippen molar-refractivity contribution in [3.8, 4) is 11.5 Å². The summed E-state index contributed by atoms with van der Waals surface area (Å²) in [6.07, 6.45) is 1.57. The van der Waals surface area contributed by atoms with E-state index in [0.717, 1.165) is 9.26 Å². The summed E-state index contributed by atoms with van der Waals surface area (Å²) in [4.78, 5) is 13.1. The number of nitrogens with zero attached hydrogens (tertiary/aromatic N) is 3. The van der Waals surface area contributed by atoms with Crippen LogP contribution in [0, 0.1) is 3.57 Å². The molecule has 0 amide bonds. The maximum atomic E-state index is 5.97. The van der Waals surface area contributed by atoms with Crippen molar-refractivity contribution in [1.29, 1.82) is 0 Å². The minimum absolute atomic E-state index is 0.102. The molecule has 0 radical (unpaired) electrons. The van der Waals surface area contributed by atoms with E-state index >= 15 is 0 Å². The Morgan fingerprint density at radius 2 is 1.89 bits per heavy atom. The Hall–Kier alpha value is -0.950. The minimum Gasteiger partial charge on any atom is -0.383 e. The van der Waals surface area contributed by atoms with Crippen LogP contribution in [0.25, 0.3) is 11.5 Å². The molecule has 0 spiro atoms. The first-order valence-corrected chi connectivity index (χ1v) is 7.20. The van der Waals surface area contributed by atoms with Gasteiger partial charge in [0.15, 0.2) is 5.82 Å². The van der Waals surface area contributed by atoms with Crippen LogP contribution in [-0.2, 0) is 5.41 Å². The van der Waals surface area contributed by atoms with Crippen LogP contribution in [0.2, 0.25) is 5.02 Å². The van der Waals surface area contributed by atoms with E-state index in [1.807, 2.05) is 0 Å². The first kappa shape index (κ1) is 14.5. The third-order valence-corrected chi connectivity index (χ3v) is 3.83. The highest BCUT2D eigenvalue weighted by atomic mass is 127. The van der Waals surface area contributed by atoms with E-state index in [2.05, 4.69) is 58.3 Å². The van der Waals surface area contributed by atoms with Crippen molar-refractivity contribution in [3.63, 3.8) is 0 Å². The highest BCUT2D eigenvalue weighted by molar-refractivity contribution is 14.1. The quantitative estimate of drug-likeness (QED) is 0.757. The molecule has 2 aromatic heterocycles. The van der Waals surface area contributed by atoms with Gasteiger partial charge in [0.1, 0.15) is 11.5 Å². The highest BCUT2D eigenvalue weighted by Crippen LogP contribution is 2.30. The molecule has 0 bridgehead atoms. The second-order valence-electron chi connectivity index (χ2n) is 5.21. The van der Waals surface area contributed by atoms with E-state index in [4.69, 9.17) is 17.3 Å². The topological polar surface area (TPSA) is 64.7 Å². The van der Waals surface area contributed by atoms with E-state index in [1.165, 1.54) is 0 Å². The van der Waals surface area contributed by atoms with Crippen LogP contribution in [0.5, 0.6) is 0 Å². The predicted octanol–water partition coefficient (Wildman–Crippen LogP) is 3.68. The molecule has 2 aromatic rings. The molecule has 0 saturated carbocycles. The summed E-state index contributed by atoms with van der Waals surface area (Å²) < 4.78 is 0.891. The fraction of sp³-hybridized carbons (Fsp3) is 0.308. The van der Waals surface area contributed by atoms with Crippen LogP contribution in [0.15, 0.2) is 18.3 Å². The standard InChI is InChI=1S/C13H14ClIN4/c1-13(2,3)10-9(15)11(16)19-12(18-10)8-5-4-7(14)6-17-8/h4-6H,1-3H3,(H2,16,18,19). The van der Waals surface area contributed by atoms with Gasteiger partial charge in [0, 0.05) is 11.6 Å². The molecule has 2 N–H and O–H groups in total. The van der Waals surface area contributed by atoms with Gasteiger partial charge in [-0.2, -0.15) is 0 Å². The fourth-order valence-corrected chi connectivity index (χ4v) is 2.75. The molecule has 4 nitrogen and oxygen atoms in total. The van der Waals surface area contributed by atoms with E-state index in [1.54, 1.807) is 18.3 Å². The molecular formula is C13H14ClIN4. The zero-order valence-corrected chi connectivity index (χ0v) is 13.8. The fourth-order valence-electron chi connectivity index (χ4n) is 1.58. The first-order chi connectivity index (χ1) is 8.79. The minimum atomic E-state index is -0.102. The van der Waals surface area contributed by atoms with Gasteiger partial charge in [0.2, 0.25) is 0 Å². The molecule has 0 aromatic carbocycles. The largest absolute Gasteiger partial charge is 0.383 e. The lowest BCUT2D eigenvalue weighted by molar-refractivity contribution is 0.564. The molecule has 0 aliphatic rings. The van der Waals surface area contributed by atoms with Crippen molar-refractivity contribution >= 4 is 40.0 Å². The van der Waals surface area contributed by atoms with Crippen molar-refractivity contribution in [1.82, 2.24) is 15.0 Å². The average molecular weight is 389 g/mol. The van der Waals surface area contributed by atoms with Crippen molar-refractivity contribution in [2.24, 2.45) is 0 Å². The van der Waals surface area contributed by atoms with Crippen LogP contribution in [0.4, 0.5) is 5.82 Å². The Balaban J connectivity index is 2.60. The van der Waals surface area contributed by atoms with Gasteiger partial charge >= 0.3 is 0 Å². The number of nitrogens with two attached hydrogens (primary N) is 1. The number of hydrogen-bond donors (Lipinski definition) is 1. The molecule has 0 unspecified atom stereocenters. The van der Waals surface area contributed by atoms with Gasteiger partial charge in [-0.3, -0.25) is 4.98 Å². The Bertz CT molecular complexity index is 605. The summed E-state index contributed by atoms with van der Waals surface area (Å²) in [5.41, 5.74) is 7.46. The summed E-state index contributed by atoms with van der Waals surface area (Å²) in [5, 5.41) is 0.582. The number of rotatable bonds is 1. The zero-order chi connectivity index (χ0) is 14.2. The summed E-state index contributed by atoms with van der Waals surface area (Å²) in [7, 11) is 0. The number of nitrogen functional groups attached to an aromatic ring is 1. The van der Waals surface area contributed by atoms with E-state index in [-0.39, 0.29) is 5.41 Å². The molecule has 2 heterocycles. The summed E-state index contributed by atoms with van der Waals surface area (Å²) in [5.74, 6) is 1.01. The van der Waals surface area contributed by atoms with Crippen molar-refractivity contribution < 1.29 is 0 Å². The zero-order valence-electron chi connectivity index (χ0n) is 10.9. The highest BCUT2D eigenvalue weighted by Gasteiger charge is 2.22. The average Bonchev–Trinajstić information content (AvgIpc) is 2.32. The summed E-state index contributed by atoms with van der Waals surface area (Å²) >= 11 is 8.01. The van der Waals surface area contributed by atoms with E-state index in [9.17, 15) is 0 Å². The van der Waals surface area contributed by atoms with Crippen LogP contribution in [0.3, 0.4) is 0 Å². The second kappa shape index (κ2) is 5.20. The molecule has 0 saturated heterocycles. The number of anilines is 1. The maximum absolute atomic E-state index is 5.97. The van der Waals surface area contributed by atoms with Crippen LogP contribution < -0.4 is 5.73 Å². The number of hydrogen-bond acceptors (Lipinski definition) is 4. The van der Waals surface area contributed by atoms with Crippen LogP contribution >= 0.6 is 34.2 Å². The summed E-state index contributed by atoms with van der Waals surface area (Å²) in [6, 6.07) is 3.55. The van der Waals surface area contributed by atoms with Crippen molar-refractivity contribution in [2.75, 3.05) is 5.73 Å². The van der Waals surface area contributed by atoms with Crippen LogP contribution in [0.1, 0.15) is 26.5 Å². The first-order valence-electron chi connectivity index (χ1n) is 5.74. The lowest BCUT2D eigenvalue weighted by atomic mass is 9.92. The van der Waals surface area contributed by atoms with Crippen molar-refractivity contribution in [2.45, 2.75) is 26.2 Å². The third-order valence-electron chi connectivity index (χ3n) is 2.54. The van der Waals surface area contributed by atoms with Gasteiger partial charge in [-0.15, -0.1) is 0 Å². The van der Waals surface area contributed by atoms with Gasteiger partial charge < -0.3 is 5.73 Å². The van der Waals surface area contributed by atoms with E-state index < -0.39 is 0 Å². The number of aromatic nitrogens is 3. The van der Waals surface area contributed by atoms with Gasteiger partial charge in [-0.25, -0.2) is 9.97 Å². The van der Waals surface area contributed by atoms with Gasteiger partial charge in [0.05, 0.1) is 14.3 Å². The van der Waals surface area contributed by atoms with E-state index in [0.29, 0.717) is 22.4 Å². The van der Waals surface area contributed by atoms with Gasteiger partial charge in [-0.1, -0.05) is 32.4 Å². The van der Waals surface area contributed by atoms with Gasteiger partial charge in [0.25, 0.3) is 0 Å². The molecule has 0 atom stereocenters. The molecular weight excluding hydrogens is 375 g/mol. The molecule has 0 aliphatic heterocycles. The molecule has 19 heavy (non-hydrogen) atoms.